The van der Waals surface area contributed by atoms with Crippen molar-refractivity contribution in [2.24, 2.45) is 5.92 Å². The lowest BCUT2D eigenvalue weighted by Crippen LogP contribution is -2.43. The Hall–Kier alpha value is -2.55. The van der Waals surface area contributed by atoms with Gasteiger partial charge in [-0.3, -0.25) is 4.79 Å². The van der Waals surface area contributed by atoms with E-state index in [0.717, 1.165) is 30.4 Å². The number of hydrogen-bond donors (Lipinski definition) is 1. The lowest BCUT2D eigenvalue weighted by molar-refractivity contribution is -0.136. The summed E-state index contributed by atoms with van der Waals surface area (Å²) in [7, 11) is 0. The van der Waals surface area contributed by atoms with Crippen LogP contribution in [0.4, 0.5) is 8.78 Å². The summed E-state index contributed by atoms with van der Waals surface area (Å²) in [6.45, 7) is 3.96. The van der Waals surface area contributed by atoms with Crippen LogP contribution in [0.15, 0.2) is 36.4 Å². The zero-order chi connectivity index (χ0) is 24.7. The summed E-state index contributed by atoms with van der Waals surface area (Å²) in [5, 5.41) is 8.68. The van der Waals surface area contributed by atoms with Gasteiger partial charge in [-0.25, -0.2) is 18.4 Å². The molecule has 6 nitrogen and oxygen atoms in total. The second-order valence-electron chi connectivity index (χ2n) is 9.16. The molecule has 2 saturated heterocycles. The van der Waals surface area contributed by atoms with Crippen LogP contribution in [0, 0.1) is 24.5 Å². The van der Waals surface area contributed by atoms with Crippen LogP contribution in [-0.4, -0.2) is 51.8 Å². The van der Waals surface area contributed by atoms with E-state index in [1.54, 1.807) is 16.8 Å². The SMILES string of the molecule is Cc1nc(C2CCN(C(=O)[C@@H]3CNC[C@H]3c3ccc(F)cc3F)CC2)n(-c2ccc(Cl)c(Cl)c2)n1. The van der Waals surface area contributed by atoms with Crippen LogP contribution in [0.5, 0.6) is 0 Å². The molecule has 1 N–H and O–H groups in total. The van der Waals surface area contributed by atoms with Gasteiger partial charge >= 0.3 is 0 Å². The molecule has 2 atom stereocenters. The molecule has 10 heteroatoms. The molecule has 1 aromatic heterocycles. The molecule has 0 aliphatic carbocycles. The summed E-state index contributed by atoms with van der Waals surface area (Å²) in [5.74, 6) is -0.299. The molecule has 5 rings (SSSR count). The van der Waals surface area contributed by atoms with Crippen LogP contribution in [0.1, 0.15) is 41.9 Å². The Kier molecular flexibility index (Phi) is 6.79. The molecule has 3 heterocycles. The summed E-state index contributed by atoms with van der Waals surface area (Å²) >= 11 is 12.3. The molecule has 0 spiro atoms. The molecule has 0 saturated carbocycles. The number of rotatable bonds is 4. The number of likely N-dealkylation sites (tertiary alicyclic amines) is 1. The molecule has 3 aromatic rings. The number of carbonyl (C=O) groups is 1. The van der Waals surface area contributed by atoms with Gasteiger partial charge in [0.1, 0.15) is 23.3 Å². The molecular formula is C25H25Cl2F2N5O. The van der Waals surface area contributed by atoms with Gasteiger partial charge in [-0.2, -0.15) is 5.10 Å². The summed E-state index contributed by atoms with van der Waals surface area (Å²) in [5.41, 5.74) is 1.17. The van der Waals surface area contributed by atoms with Gasteiger partial charge in [-0.05, 0) is 49.6 Å². The monoisotopic (exact) mass is 519 g/mol. The van der Waals surface area contributed by atoms with Crippen molar-refractivity contribution in [1.82, 2.24) is 25.0 Å². The van der Waals surface area contributed by atoms with Gasteiger partial charge in [0.2, 0.25) is 5.91 Å². The number of piperidine rings is 1. The second-order valence-corrected chi connectivity index (χ2v) is 9.98. The smallest absolute Gasteiger partial charge is 0.227 e. The van der Waals surface area contributed by atoms with Crippen molar-refractivity contribution in [3.05, 3.63) is 75.3 Å². The molecule has 0 radical (unpaired) electrons. The number of halogens is 4. The van der Waals surface area contributed by atoms with E-state index in [1.165, 1.54) is 12.1 Å². The predicted octanol–water partition coefficient (Wildman–Crippen LogP) is 4.87. The Morgan fingerprint density at radius 2 is 1.83 bits per heavy atom. The first-order valence-electron chi connectivity index (χ1n) is 11.6. The lowest BCUT2D eigenvalue weighted by atomic mass is 9.86. The highest BCUT2D eigenvalue weighted by atomic mass is 35.5. The number of aromatic nitrogens is 3. The Morgan fingerprint density at radius 3 is 2.54 bits per heavy atom. The molecule has 0 unspecified atom stereocenters. The molecule has 35 heavy (non-hydrogen) atoms. The number of nitrogens with one attached hydrogen (secondary N) is 1. The first-order chi connectivity index (χ1) is 16.8. The highest BCUT2D eigenvalue weighted by molar-refractivity contribution is 6.42. The third-order valence-corrected chi connectivity index (χ3v) is 7.69. The highest BCUT2D eigenvalue weighted by Crippen LogP contribution is 2.35. The molecular weight excluding hydrogens is 495 g/mol. The minimum absolute atomic E-state index is 0.00399. The third kappa shape index (κ3) is 4.79. The van der Waals surface area contributed by atoms with E-state index < -0.39 is 11.6 Å². The number of aryl methyl sites for hydroxylation is 1. The van der Waals surface area contributed by atoms with E-state index in [0.29, 0.717) is 47.6 Å². The van der Waals surface area contributed by atoms with Crippen LogP contribution < -0.4 is 5.32 Å². The van der Waals surface area contributed by atoms with Gasteiger partial charge in [0.15, 0.2) is 0 Å². The largest absolute Gasteiger partial charge is 0.342 e. The number of carbonyl (C=O) groups excluding carboxylic acids is 1. The first kappa shape index (κ1) is 24.2. The maximum absolute atomic E-state index is 14.4. The Morgan fingerprint density at radius 1 is 1.06 bits per heavy atom. The first-order valence-corrected chi connectivity index (χ1v) is 12.4. The highest BCUT2D eigenvalue weighted by Gasteiger charge is 2.39. The fourth-order valence-corrected chi connectivity index (χ4v) is 5.45. The third-order valence-electron chi connectivity index (χ3n) is 6.95. The van der Waals surface area contributed by atoms with Gasteiger partial charge in [0.25, 0.3) is 0 Å². The zero-order valence-corrected chi connectivity index (χ0v) is 20.7. The molecule has 2 fully saturated rings. The van der Waals surface area contributed by atoms with Crippen LogP contribution in [0.25, 0.3) is 5.69 Å². The van der Waals surface area contributed by atoms with E-state index in [4.69, 9.17) is 23.2 Å². The minimum atomic E-state index is -0.619. The van der Waals surface area contributed by atoms with E-state index in [2.05, 4.69) is 15.4 Å². The Labute approximate surface area is 212 Å². The van der Waals surface area contributed by atoms with Crippen molar-refractivity contribution in [2.75, 3.05) is 26.2 Å². The summed E-state index contributed by atoms with van der Waals surface area (Å²) in [6, 6.07) is 8.93. The van der Waals surface area contributed by atoms with Gasteiger partial charge in [0, 0.05) is 44.1 Å². The topological polar surface area (TPSA) is 63.1 Å². The van der Waals surface area contributed by atoms with Gasteiger partial charge < -0.3 is 10.2 Å². The molecule has 2 aliphatic heterocycles. The molecule has 2 aliphatic rings. The summed E-state index contributed by atoms with van der Waals surface area (Å²) < 4.78 is 29.6. The predicted molar refractivity (Wildman–Crippen MR) is 130 cm³/mol. The fraction of sp³-hybridized carbons (Fsp3) is 0.400. The van der Waals surface area contributed by atoms with E-state index >= 15 is 0 Å². The number of hydrogen-bond acceptors (Lipinski definition) is 4. The second kappa shape index (κ2) is 9.84. The van der Waals surface area contributed by atoms with Gasteiger partial charge in [-0.1, -0.05) is 29.3 Å². The van der Waals surface area contributed by atoms with E-state index in [-0.39, 0.29) is 23.7 Å². The average Bonchev–Trinajstić information content (AvgIpc) is 3.47. The van der Waals surface area contributed by atoms with Crippen LogP contribution in [-0.2, 0) is 4.79 Å². The fourth-order valence-electron chi connectivity index (χ4n) is 5.16. The molecule has 184 valence electrons. The van der Waals surface area contributed by atoms with Crippen molar-refractivity contribution in [3.63, 3.8) is 0 Å². The molecule has 2 aromatic carbocycles. The molecule has 1 amide bonds. The summed E-state index contributed by atoms with van der Waals surface area (Å²) in [6.07, 6.45) is 1.47. The average molecular weight is 520 g/mol. The number of nitrogens with zero attached hydrogens (tertiary/aromatic N) is 4. The van der Waals surface area contributed by atoms with E-state index in [9.17, 15) is 13.6 Å². The number of benzene rings is 2. The van der Waals surface area contributed by atoms with Gasteiger partial charge in [0.05, 0.1) is 21.7 Å². The zero-order valence-electron chi connectivity index (χ0n) is 19.1. The van der Waals surface area contributed by atoms with Crippen molar-refractivity contribution < 1.29 is 13.6 Å². The van der Waals surface area contributed by atoms with Crippen LogP contribution >= 0.6 is 23.2 Å². The summed E-state index contributed by atoms with van der Waals surface area (Å²) in [4.78, 5) is 19.9. The molecule has 0 bridgehead atoms. The Balaban J connectivity index is 1.29. The minimum Gasteiger partial charge on any atom is -0.342 e. The number of amides is 1. The van der Waals surface area contributed by atoms with Crippen molar-refractivity contribution in [3.8, 4) is 5.69 Å². The van der Waals surface area contributed by atoms with Crippen LogP contribution in [0.3, 0.4) is 0 Å². The standard InChI is InChI=1S/C25H25Cl2F2N5O/c1-14-31-24(34(32-14)17-3-5-21(26)22(27)11-17)15-6-8-33(9-7-15)25(35)20-13-30-12-19(20)18-4-2-16(28)10-23(18)29/h2-5,10-11,15,19-20,30H,6-9,12-13H2,1H3/t19-,20+/m0/s1. The maximum atomic E-state index is 14.4. The quantitative estimate of drug-likeness (QED) is 0.534. The van der Waals surface area contributed by atoms with Crippen molar-refractivity contribution in [2.45, 2.75) is 31.6 Å². The van der Waals surface area contributed by atoms with E-state index in [1.807, 2.05) is 17.9 Å². The van der Waals surface area contributed by atoms with Crippen molar-refractivity contribution in [1.29, 1.82) is 0 Å². The van der Waals surface area contributed by atoms with Crippen LogP contribution in [0.2, 0.25) is 10.0 Å². The maximum Gasteiger partial charge on any atom is 0.227 e. The van der Waals surface area contributed by atoms with Crippen molar-refractivity contribution >= 4 is 29.1 Å². The normalized spacial score (nSPS) is 21.0. The van der Waals surface area contributed by atoms with Gasteiger partial charge in [-0.15, -0.1) is 0 Å². The lowest BCUT2D eigenvalue weighted by Gasteiger charge is -2.34. The Bertz CT molecular complexity index is 1260.